The smallest absolute Gasteiger partial charge is 0.227 e. The van der Waals surface area contributed by atoms with E-state index in [1.165, 1.54) is 37.9 Å². The SMILES string of the molecule is O=C(CCc1nc(-c2ccccc2)no1)NCc1ccc(CN2CCCCC2)cc1. The molecule has 1 N–H and O–H groups in total. The lowest BCUT2D eigenvalue weighted by Gasteiger charge is -2.26. The normalized spacial score (nSPS) is 14.5. The molecule has 0 spiro atoms. The van der Waals surface area contributed by atoms with Gasteiger partial charge in [0.05, 0.1) is 0 Å². The lowest BCUT2D eigenvalue weighted by Crippen LogP contribution is -2.29. The van der Waals surface area contributed by atoms with E-state index in [1.54, 1.807) is 0 Å². The average molecular weight is 405 g/mol. The number of nitrogens with zero attached hydrogens (tertiary/aromatic N) is 3. The van der Waals surface area contributed by atoms with E-state index in [4.69, 9.17) is 4.52 Å². The van der Waals surface area contributed by atoms with Gasteiger partial charge in [-0.05, 0) is 37.1 Å². The minimum absolute atomic E-state index is 0.0214. The van der Waals surface area contributed by atoms with E-state index in [2.05, 4.69) is 44.6 Å². The zero-order valence-electron chi connectivity index (χ0n) is 17.2. The van der Waals surface area contributed by atoms with Crippen molar-refractivity contribution >= 4 is 5.91 Å². The maximum atomic E-state index is 12.2. The van der Waals surface area contributed by atoms with Crippen LogP contribution in [-0.4, -0.2) is 34.0 Å². The minimum Gasteiger partial charge on any atom is -0.352 e. The first kappa shape index (κ1) is 20.3. The Labute approximate surface area is 177 Å². The Bertz CT molecular complexity index is 931. The second kappa shape index (κ2) is 10.2. The van der Waals surface area contributed by atoms with Crippen molar-refractivity contribution < 1.29 is 9.32 Å². The Morgan fingerprint density at radius 2 is 1.70 bits per heavy atom. The Morgan fingerprint density at radius 3 is 2.47 bits per heavy atom. The predicted molar refractivity (Wildman–Crippen MR) is 115 cm³/mol. The van der Waals surface area contributed by atoms with E-state index in [0.29, 0.717) is 31.1 Å². The number of amides is 1. The molecule has 0 aliphatic carbocycles. The van der Waals surface area contributed by atoms with Crippen LogP contribution in [0.25, 0.3) is 11.4 Å². The third-order valence-corrected chi connectivity index (χ3v) is 5.43. The standard InChI is InChI=1S/C24H28N4O2/c29-22(13-14-23-26-24(27-30-23)21-7-3-1-4-8-21)25-17-19-9-11-20(12-10-19)18-28-15-5-2-6-16-28/h1,3-4,7-12H,2,5-6,13-18H2,(H,25,29). The maximum Gasteiger partial charge on any atom is 0.227 e. The molecule has 1 fully saturated rings. The second-order valence-electron chi connectivity index (χ2n) is 7.81. The molecule has 4 rings (SSSR count). The average Bonchev–Trinajstić information content (AvgIpc) is 3.28. The molecule has 1 aliphatic rings. The van der Waals surface area contributed by atoms with Gasteiger partial charge >= 0.3 is 0 Å². The van der Waals surface area contributed by atoms with E-state index >= 15 is 0 Å². The zero-order chi connectivity index (χ0) is 20.6. The van der Waals surface area contributed by atoms with Crippen molar-refractivity contribution in [3.05, 3.63) is 71.6 Å². The Kier molecular flexibility index (Phi) is 6.87. The number of aryl methyl sites for hydroxylation is 1. The van der Waals surface area contributed by atoms with Gasteiger partial charge in [0, 0.05) is 31.5 Å². The number of hydrogen-bond acceptors (Lipinski definition) is 5. The number of benzene rings is 2. The van der Waals surface area contributed by atoms with Crippen molar-refractivity contribution in [2.24, 2.45) is 0 Å². The van der Waals surface area contributed by atoms with Gasteiger partial charge in [0.2, 0.25) is 17.6 Å². The molecule has 1 amide bonds. The lowest BCUT2D eigenvalue weighted by molar-refractivity contribution is -0.121. The zero-order valence-corrected chi connectivity index (χ0v) is 17.2. The first-order chi connectivity index (χ1) is 14.8. The number of likely N-dealkylation sites (tertiary alicyclic amines) is 1. The number of carbonyl (C=O) groups is 1. The van der Waals surface area contributed by atoms with Crippen LogP contribution in [0.5, 0.6) is 0 Å². The van der Waals surface area contributed by atoms with Gasteiger partial charge < -0.3 is 9.84 Å². The van der Waals surface area contributed by atoms with Gasteiger partial charge in [-0.3, -0.25) is 9.69 Å². The molecular weight excluding hydrogens is 376 g/mol. The fraction of sp³-hybridized carbons (Fsp3) is 0.375. The Hall–Kier alpha value is -2.99. The maximum absolute atomic E-state index is 12.2. The molecule has 2 heterocycles. The molecule has 0 saturated carbocycles. The van der Waals surface area contributed by atoms with Crippen LogP contribution in [-0.2, 0) is 24.3 Å². The summed E-state index contributed by atoms with van der Waals surface area (Å²) in [6.45, 7) is 3.94. The predicted octanol–water partition coefficient (Wildman–Crippen LogP) is 3.97. The fourth-order valence-electron chi connectivity index (χ4n) is 3.71. The monoisotopic (exact) mass is 404 g/mol. The molecule has 0 radical (unpaired) electrons. The van der Waals surface area contributed by atoms with Gasteiger partial charge in [0.15, 0.2) is 0 Å². The van der Waals surface area contributed by atoms with E-state index in [9.17, 15) is 4.79 Å². The summed E-state index contributed by atoms with van der Waals surface area (Å²) in [5.74, 6) is 1.01. The molecule has 1 aliphatic heterocycles. The second-order valence-corrected chi connectivity index (χ2v) is 7.81. The summed E-state index contributed by atoms with van der Waals surface area (Å²) in [5, 5.41) is 6.96. The molecule has 1 saturated heterocycles. The lowest BCUT2D eigenvalue weighted by atomic mass is 10.1. The van der Waals surface area contributed by atoms with Crippen molar-refractivity contribution in [2.45, 2.75) is 45.2 Å². The molecule has 0 bridgehead atoms. The van der Waals surface area contributed by atoms with Crippen molar-refractivity contribution in [1.29, 1.82) is 0 Å². The molecule has 2 aromatic carbocycles. The largest absolute Gasteiger partial charge is 0.352 e. The summed E-state index contributed by atoms with van der Waals surface area (Å²) in [5.41, 5.74) is 3.34. The highest BCUT2D eigenvalue weighted by molar-refractivity contribution is 5.76. The van der Waals surface area contributed by atoms with E-state index in [0.717, 1.165) is 17.7 Å². The summed E-state index contributed by atoms with van der Waals surface area (Å²) in [6.07, 6.45) is 4.72. The molecule has 30 heavy (non-hydrogen) atoms. The molecule has 6 nitrogen and oxygen atoms in total. The minimum atomic E-state index is -0.0214. The number of carbonyl (C=O) groups excluding carboxylic acids is 1. The van der Waals surface area contributed by atoms with E-state index in [-0.39, 0.29) is 5.91 Å². The molecule has 0 atom stereocenters. The molecule has 0 unspecified atom stereocenters. The van der Waals surface area contributed by atoms with Crippen LogP contribution in [0.2, 0.25) is 0 Å². The van der Waals surface area contributed by atoms with Gasteiger partial charge in [-0.25, -0.2) is 0 Å². The third kappa shape index (κ3) is 5.76. The number of hydrogen-bond donors (Lipinski definition) is 1. The number of rotatable bonds is 8. The van der Waals surface area contributed by atoms with Crippen molar-refractivity contribution in [3.8, 4) is 11.4 Å². The van der Waals surface area contributed by atoms with Gasteiger partial charge in [-0.15, -0.1) is 0 Å². The molecule has 156 valence electrons. The summed E-state index contributed by atoms with van der Waals surface area (Å²) in [7, 11) is 0. The van der Waals surface area contributed by atoms with Crippen molar-refractivity contribution in [2.75, 3.05) is 13.1 Å². The Morgan fingerprint density at radius 1 is 0.967 bits per heavy atom. The quantitative estimate of drug-likeness (QED) is 0.615. The molecular formula is C24H28N4O2. The highest BCUT2D eigenvalue weighted by atomic mass is 16.5. The topological polar surface area (TPSA) is 71.3 Å². The summed E-state index contributed by atoms with van der Waals surface area (Å²) in [4.78, 5) is 19.1. The van der Waals surface area contributed by atoms with Crippen LogP contribution in [0, 0.1) is 0 Å². The summed E-state index contributed by atoms with van der Waals surface area (Å²) < 4.78 is 5.26. The molecule has 6 heteroatoms. The van der Waals surface area contributed by atoms with E-state index < -0.39 is 0 Å². The molecule has 1 aromatic heterocycles. The Balaban J connectivity index is 1.20. The van der Waals surface area contributed by atoms with Gasteiger partial charge in [0.25, 0.3) is 0 Å². The van der Waals surface area contributed by atoms with E-state index in [1.807, 2.05) is 30.3 Å². The third-order valence-electron chi connectivity index (χ3n) is 5.43. The molecule has 3 aromatic rings. The number of aromatic nitrogens is 2. The summed E-state index contributed by atoms with van der Waals surface area (Å²) >= 11 is 0. The number of nitrogens with one attached hydrogen (secondary N) is 1. The van der Waals surface area contributed by atoms with Crippen LogP contribution in [0.3, 0.4) is 0 Å². The van der Waals surface area contributed by atoms with Crippen LogP contribution in [0.4, 0.5) is 0 Å². The van der Waals surface area contributed by atoms with Crippen LogP contribution in [0.1, 0.15) is 42.7 Å². The summed E-state index contributed by atoms with van der Waals surface area (Å²) in [6, 6.07) is 18.2. The van der Waals surface area contributed by atoms with Gasteiger partial charge in [-0.1, -0.05) is 66.2 Å². The van der Waals surface area contributed by atoms with Crippen LogP contribution < -0.4 is 5.32 Å². The van der Waals surface area contributed by atoms with Gasteiger partial charge in [0.1, 0.15) is 0 Å². The number of piperidine rings is 1. The van der Waals surface area contributed by atoms with Crippen LogP contribution >= 0.6 is 0 Å². The van der Waals surface area contributed by atoms with Crippen LogP contribution in [0.15, 0.2) is 59.1 Å². The first-order valence-electron chi connectivity index (χ1n) is 10.7. The van der Waals surface area contributed by atoms with Gasteiger partial charge in [-0.2, -0.15) is 4.98 Å². The highest BCUT2D eigenvalue weighted by Gasteiger charge is 2.12. The van der Waals surface area contributed by atoms with Crippen molar-refractivity contribution in [1.82, 2.24) is 20.4 Å². The highest BCUT2D eigenvalue weighted by Crippen LogP contribution is 2.16. The fourth-order valence-corrected chi connectivity index (χ4v) is 3.71. The van der Waals surface area contributed by atoms with Crippen molar-refractivity contribution in [3.63, 3.8) is 0 Å². The first-order valence-corrected chi connectivity index (χ1v) is 10.7.